The van der Waals surface area contributed by atoms with E-state index >= 15 is 0 Å². The minimum atomic E-state index is -3.43. The summed E-state index contributed by atoms with van der Waals surface area (Å²) < 4.78 is 24.5. The van der Waals surface area contributed by atoms with Crippen molar-refractivity contribution in [3.8, 4) is 0 Å². The maximum atomic E-state index is 12.2. The lowest BCUT2D eigenvalue weighted by Crippen LogP contribution is -2.24. The third-order valence-electron chi connectivity index (χ3n) is 3.50. The molecule has 4 nitrogen and oxygen atoms in total. The number of hydrogen-bond acceptors (Lipinski definition) is 2. The van der Waals surface area contributed by atoms with Crippen LogP contribution in [-0.2, 0) is 22.0 Å². The van der Waals surface area contributed by atoms with Crippen LogP contribution < -0.4 is 10.6 Å². The Morgan fingerprint density at radius 2 is 1.09 bits per heavy atom. The van der Waals surface area contributed by atoms with Gasteiger partial charge >= 0.3 is 0 Å². The molecule has 2 N–H and O–H groups in total. The van der Waals surface area contributed by atoms with Crippen molar-refractivity contribution < 1.29 is 18.9 Å². The van der Waals surface area contributed by atoms with E-state index in [-0.39, 0.29) is 0 Å². The molecule has 1 rings (SSSR count). The lowest BCUT2D eigenvalue weighted by molar-refractivity contribution is 0.493. The van der Waals surface area contributed by atoms with E-state index in [1.165, 1.54) is 13.3 Å². The van der Waals surface area contributed by atoms with Crippen molar-refractivity contribution in [3.63, 3.8) is 0 Å². The third-order valence-corrected chi connectivity index (χ3v) is 6.13. The lowest BCUT2D eigenvalue weighted by Gasteiger charge is -2.23. The van der Waals surface area contributed by atoms with Crippen LogP contribution in [0.5, 0.6) is 0 Å². The summed E-state index contributed by atoms with van der Waals surface area (Å²) in [6.45, 7) is 10.8. The van der Waals surface area contributed by atoms with Crippen LogP contribution in [0.3, 0.4) is 0 Å². The Morgan fingerprint density at radius 1 is 0.818 bits per heavy atom. The highest BCUT2D eigenvalue weighted by Gasteiger charge is 2.28. The van der Waals surface area contributed by atoms with E-state index in [1.54, 1.807) is 12.1 Å². The van der Waals surface area contributed by atoms with Gasteiger partial charge in [0, 0.05) is 23.9 Å². The van der Waals surface area contributed by atoms with E-state index in [0.29, 0.717) is 35.3 Å². The van der Waals surface area contributed by atoms with E-state index in [0.717, 1.165) is 11.1 Å². The molecule has 6 heteroatoms. The molecule has 0 aliphatic heterocycles. The first-order valence-electron chi connectivity index (χ1n) is 7.60. The maximum absolute atomic E-state index is 12.2. The molecule has 0 fully saturated rings. The molecule has 126 valence electrons. The van der Waals surface area contributed by atoms with E-state index < -0.39 is 14.7 Å². The number of hydrogen-bond donors (Lipinski definition) is 2. The topological polar surface area (TPSA) is 74.6 Å². The molecular formula is C16H28O4P2. The highest BCUT2D eigenvalue weighted by Crippen LogP contribution is 2.41. The normalized spacial score (nSPS) is 17.5. The van der Waals surface area contributed by atoms with Gasteiger partial charge in [0.2, 0.25) is 14.7 Å². The molecule has 22 heavy (non-hydrogen) atoms. The standard InChI is InChI=1S/C16H28O4P2/c1-11(2)9-13-14(10-12(3)4)16(22(6,19)20)8-7-15(13)21(5,17)18/h7-8,11-12H,9-10H2,1-6H3,(H,17,18)(H,19,20). The van der Waals surface area contributed by atoms with Crippen molar-refractivity contribution in [2.45, 2.75) is 40.5 Å². The predicted molar refractivity (Wildman–Crippen MR) is 94.3 cm³/mol. The fourth-order valence-electron chi connectivity index (χ4n) is 2.72. The molecule has 0 bridgehead atoms. The first kappa shape index (κ1) is 19.6. The Balaban J connectivity index is 3.73. The van der Waals surface area contributed by atoms with Crippen molar-refractivity contribution in [3.05, 3.63) is 23.3 Å². The molecule has 0 radical (unpaired) electrons. The van der Waals surface area contributed by atoms with Crippen LogP contribution in [0, 0.1) is 11.8 Å². The molecule has 1 aromatic carbocycles. The summed E-state index contributed by atoms with van der Waals surface area (Å²) in [5.41, 5.74) is 1.57. The quantitative estimate of drug-likeness (QED) is 0.776. The average Bonchev–Trinajstić information content (AvgIpc) is 2.26. The fourth-order valence-corrected chi connectivity index (χ4v) is 4.87. The van der Waals surface area contributed by atoms with Gasteiger partial charge in [-0.2, -0.15) is 0 Å². The van der Waals surface area contributed by atoms with Crippen LogP contribution in [0.4, 0.5) is 0 Å². The summed E-state index contributed by atoms with van der Waals surface area (Å²) in [6, 6.07) is 3.12. The Kier molecular flexibility index (Phi) is 6.26. The molecule has 0 amide bonds. The van der Waals surface area contributed by atoms with Crippen molar-refractivity contribution in [1.29, 1.82) is 0 Å². The molecule has 1 aromatic rings. The molecule has 0 aliphatic rings. The number of rotatable bonds is 6. The zero-order chi connectivity index (χ0) is 17.3. The molecule has 2 atom stereocenters. The molecule has 0 saturated heterocycles. The molecule has 2 unspecified atom stereocenters. The van der Waals surface area contributed by atoms with Crippen LogP contribution in [0.25, 0.3) is 0 Å². The predicted octanol–water partition coefficient (Wildman–Crippen LogP) is 3.13. The molecule has 0 saturated carbocycles. The van der Waals surface area contributed by atoms with Gasteiger partial charge in [0.15, 0.2) is 0 Å². The van der Waals surface area contributed by atoms with Gasteiger partial charge in [0.1, 0.15) is 0 Å². The maximum Gasteiger partial charge on any atom is 0.226 e. The van der Waals surface area contributed by atoms with E-state index in [2.05, 4.69) is 0 Å². The van der Waals surface area contributed by atoms with Crippen LogP contribution in [0.15, 0.2) is 12.1 Å². The first-order valence-corrected chi connectivity index (χ1v) is 11.8. The summed E-state index contributed by atoms with van der Waals surface area (Å²) in [7, 11) is -6.85. The minimum Gasteiger partial charge on any atom is -0.341 e. The zero-order valence-corrected chi connectivity index (χ0v) is 16.1. The summed E-state index contributed by atoms with van der Waals surface area (Å²) >= 11 is 0. The second kappa shape index (κ2) is 7.01. The van der Waals surface area contributed by atoms with E-state index in [9.17, 15) is 18.9 Å². The minimum absolute atomic E-state index is 0.293. The van der Waals surface area contributed by atoms with Crippen LogP contribution in [0.2, 0.25) is 0 Å². The summed E-state index contributed by atoms with van der Waals surface area (Å²) in [5, 5.41) is 0.850. The van der Waals surface area contributed by atoms with E-state index in [4.69, 9.17) is 0 Å². The highest BCUT2D eigenvalue weighted by atomic mass is 31.2. The van der Waals surface area contributed by atoms with E-state index in [1.807, 2.05) is 27.7 Å². The molecule has 0 aromatic heterocycles. The van der Waals surface area contributed by atoms with Gasteiger partial charge in [-0.25, -0.2) is 0 Å². The van der Waals surface area contributed by atoms with Gasteiger partial charge in [0.25, 0.3) is 0 Å². The zero-order valence-electron chi connectivity index (χ0n) is 14.3. The average molecular weight is 346 g/mol. The van der Waals surface area contributed by atoms with Crippen LogP contribution in [-0.4, -0.2) is 23.1 Å². The SMILES string of the molecule is CC(C)Cc1c(P(C)(=O)O)ccc(P(C)(=O)O)c1CC(C)C. The van der Waals surface area contributed by atoms with Gasteiger partial charge in [-0.1, -0.05) is 27.7 Å². The van der Waals surface area contributed by atoms with Gasteiger partial charge in [-0.05, 0) is 47.9 Å². The third kappa shape index (κ3) is 5.06. The molecular weight excluding hydrogens is 318 g/mol. The van der Waals surface area contributed by atoms with Crippen LogP contribution >= 0.6 is 14.7 Å². The highest BCUT2D eigenvalue weighted by molar-refractivity contribution is 7.66. The van der Waals surface area contributed by atoms with Crippen molar-refractivity contribution in [1.82, 2.24) is 0 Å². The Labute approximate surface area is 133 Å². The Bertz CT molecular complexity index is 568. The van der Waals surface area contributed by atoms with Crippen LogP contribution in [0.1, 0.15) is 38.8 Å². The Hall–Kier alpha value is -0.400. The summed E-state index contributed by atoms with van der Waals surface area (Å²) in [5.74, 6) is 0.586. The first-order chi connectivity index (χ1) is 9.84. The van der Waals surface area contributed by atoms with Gasteiger partial charge in [0.05, 0.1) is 0 Å². The lowest BCUT2D eigenvalue weighted by atomic mass is 9.92. The molecule has 0 spiro atoms. The van der Waals surface area contributed by atoms with Crippen molar-refractivity contribution in [2.75, 3.05) is 13.3 Å². The number of benzene rings is 1. The molecule has 0 heterocycles. The second-order valence-electron chi connectivity index (χ2n) is 7.02. The summed E-state index contributed by atoms with van der Waals surface area (Å²) in [6.07, 6.45) is 1.26. The van der Waals surface area contributed by atoms with Crippen molar-refractivity contribution >= 4 is 25.3 Å². The van der Waals surface area contributed by atoms with Gasteiger partial charge in [-0.15, -0.1) is 0 Å². The van der Waals surface area contributed by atoms with Gasteiger partial charge < -0.3 is 9.79 Å². The van der Waals surface area contributed by atoms with Crippen molar-refractivity contribution in [2.24, 2.45) is 11.8 Å². The summed E-state index contributed by atoms with van der Waals surface area (Å²) in [4.78, 5) is 20.1. The fraction of sp³-hybridized carbons (Fsp3) is 0.625. The monoisotopic (exact) mass is 346 g/mol. The largest absolute Gasteiger partial charge is 0.341 e. The Morgan fingerprint density at radius 3 is 1.27 bits per heavy atom. The second-order valence-corrected chi connectivity index (χ2v) is 11.5. The van der Waals surface area contributed by atoms with Gasteiger partial charge in [-0.3, -0.25) is 9.13 Å². The molecule has 0 aliphatic carbocycles. The smallest absolute Gasteiger partial charge is 0.226 e.